The van der Waals surface area contributed by atoms with Crippen LogP contribution in [0.4, 0.5) is 5.69 Å². The number of nitrogen functional groups attached to an aromatic ring is 1. The maximum Gasteiger partial charge on any atom is 0.245 e. The van der Waals surface area contributed by atoms with Crippen LogP contribution in [0.25, 0.3) is 0 Å². The average molecular weight is 412 g/mol. The van der Waals surface area contributed by atoms with Crippen molar-refractivity contribution in [3.63, 3.8) is 0 Å². The van der Waals surface area contributed by atoms with E-state index in [2.05, 4.69) is 16.0 Å². The van der Waals surface area contributed by atoms with Gasteiger partial charge in [0.1, 0.15) is 17.9 Å². The fourth-order valence-corrected chi connectivity index (χ4v) is 2.86. The summed E-state index contributed by atoms with van der Waals surface area (Å²) in [6, 6.07) is 14.5. The summed E-state index contributed by atoms with van der Waals surface area (Å²) in [7, 11) is 0. The van der Waals surface area contributed by atoms with Crippen LogP contribution in [0.1, 0.15) is 25.0 Å². The lowest BCUT2D eigenvalue weighted by Crippen LogP contribution is -2.54. The molecule has 8 heteroatoms. The molecule has 2 unspecified atom stereocenters. The predicted molar refractivity (Wildman–Crippen MR) is 117 cm³/mol. The van der Waals surface area contributed by atoms with Gasteiger partial charge in [0.2, 0.25) is 11.8 Å². The van der Waals surface area contributed by atoms with Crippen LogP contribution in [0.15, 0.2) is 54.6 Å². The summed E-state index contributed by atoms with van der Waals surface area (Å²) < 4.78 is 0. The van der Waals surface area contributed by atoms with E-state index in [0.717, 1.165) is 5.56 Å². The van der Waals surface area contributed by atoms with Gasteiger partial charge in [-0.15, -0.1) is 0 Å². The monoisotopic (exact) mass is 411 g/mol. The first-order chi connectivity index (χ1) is 14.3. The average Bonchev–Trinajstić information content (AvgIpc) is 2.74. The summed E-state index contributed by atoms with van der Waals surface area (Å²) in [5.74, 6) is -1.04. The Morgan fingerprint density at radius 3 is 2.37 bits per heavy atom. The summed E-state index contributed by atoms with van der Waals surface area (Å²) in [6.45, 7) is 3.57. The Hall–Kier alpha value is -3.39. The molecule has 2 aromatic carbocycles. The second-order valence-corrected chi connectivity index (χ2v) is 7.31. The van der Waals surface area contributed by atoms with Gasteiger partial charge in [0.25, 0.3) is 0 Å². The third-order valence-corrected chi connectivity index (χ3v) is 4.57. The van der Waals surface area contributed by atoms with Crippen LogP contribution in [0, 0.1) is 11.3 Å². The Labute approximate surface area is 176 Å². The van der Waals surface area contributed by atoms with Gasteiger partial charge in [-0.25, -0.2) is 0 Å². The fourth-order valence-electron chi connectivity index (χ4n) is 2.86. The molecule has 0 aliphatic carbocycles. The van der Waals surface area contributed by atoms with Crippen molar-refractivity contribution in [1.29, 1.82) is 5.41 Å². The quantitative estimate of drug-likeness (QED) is 0.257. The molecular formula is C22H29N5O3. The highest BCUT2D eigenvalue weighted by molar-refractivity contribution is 5.96. The lowest BCUT2D eigenvalue weighted by molar-refractivity contribution is -0.130. The minimum Gasteiger partial charge on any atom is -0.394 e. The Morgan fingerprint density at radius 2 is 1.77 bits per heavy atom. The molecule has 0 aromatic heterocycles. The smallest absolute Gasteiger partial charge is 0.245 e. The Bertz CT molecular complexity index is 870. The van der Waals surface area contributed by atoms with E-state index in [1.54, 1.807) is 24.3 Å². The summed E-state index contributed by atoms with van der Waals surface area (Å²) in [4.78, 5) is 25.3. The summed E-state index contributed by atoms with van der Waals surface area (Å²) >= 11 is 0. The number of nitrogens with two attached hydrogens (primary N) is 1. The van der Waals surface area contributed by atoms with E-state index in [-0.39, 0.29) is 17.7 Å². The van der Waals surface area contributed by atoms with Crippen LogP contribution < -0.4 is 21.7 Å². The van der Waals surface area contributed by atoms with Crippen molar-refractivity contribution in [3.05, 3.63) is 65.7 Å². The van der Waals surface area contributed by atoms with E-state index in [9.17, 15) is 14.7 Å². The second-order valence-electron chi connectivity index (χ2n) is 7.31. The van der Waals surface area contributed by atoms with Crippen molar-refractivity contribution in [2.24, 2.45) is 11.7 Å². The van der Waals surface area contributed by atoms with Crippen molar-refractivity contribution in [2.45, 2.75) is 32.5 Å². The molecule has 2 amide bonds. The molecule has 0 saturated heterocycles. The van der Waals surface area contributed by atoms with Gasteiger partial charge in [-0.1, -0.05) is 56.3 Å². The van der Waals surface area contributed by atoms with Gasteiger partial charge in [0.05, 0.1) is 6.61 Å². The number of hydrogen-bond donors (Lipinski definition) is 6. The molecule has 0 aliphatic heterocycles. The number of hydrogen-bond acceptors (Lipinski definition) is 5. The summed E-state index contributed by atoms with van der Waals surface area (Å²) in [5.41, 5.74) is 7.48. The number of amidine groups is 1. The highest BCUT2D eigenvalue weighted by Crippen LogP contribution is 2.12. The standard InChI is InChI=1S/C22H29N5O3/c1-14(2)19(22(30)25-12-15-7-4-3-5-8-15)27-21(29)18(13-28)26-17-10-6-9-16(11-17)20(23)24/h3-11,14,18-19,26,28H,12-13H2,1-2H3,(H3,23,24)(H,25,30)(H,27,29). The number of rotatable bonds is 10. The zero-order chi connectivity index (χ0) is 22.1. The minimum atomic E-state index is -0.963. The number of anilines is 1. The Kier molecular flexibility index (Phi) is 8.37. The fraction of sp³-hybridized carbons (Fsp3) is 0.318. The first-order valence-corrected chi connectivity index (χ1v) is 9.75. The highest BCUT2D eigenvalue weighted by Gasteiger charge is 2.27. The van der Waals surface area contributed by atoms with E-state index >= 15 is 0 Å². The maximum absolute atomic E-state index is 12.7. The van der Waals surface area contributed by atoms with Crippen molar-refractivity contribution in [1.82, 2.24) is 10.6 Å². The van der Waals surface area contributed by atoms with Crippen LogP contribution in [-0.2, 0) is 16.1 Å². The van der Waals surface area contributed by atoms with E-state index in [1.807, 2.05) is 44.2 Å². The van der Waals surface area contributed by atoms with Crippen LogP contribution >= 0.6 is 0 Å². The number of amides is 2. The molecule has 0 heterocycles. The number of aliphatic hydroxyl groups excluding tert-OH is 1. The molecule has 0 fully saturated rings. The topological polar surface area (TPSA) is 140 Å². The third-order valence-electron chi connectivity index (χ3n) is 4.57. The van der Waals surface area contributed by atoms with E-state index in [1.165, 1.54) is 0 Å². The van der Waals surface area contributed by atoms with Crippen molar-refractivity contribution in [3.8, 4) is 0 Å². The van der Waals surface area contributed by atoms with Gasteiger partial charge >= 0.3 is 0 Å². The number of aliphatic hydroxyl groups is 1. The first-order valence-electron chi connectivity index (χ1n) is 9.75. The molecule has 0 radical (unpaired) electrons. The molecular weight excluding hydrogens is 382 g/mol. The zero-order valence-corrected chi connectivity index (χ0v) is 17.2. The first kappa shape index (κ1) is 22.9. The second kappa shape index (κ2) is 11.0. The third kappa shape index (κ3) is 6.59. The van der Waals surface area contributed by atoms with Crippen molar-refractivity contribution < 1.29 is 14.7 Å². The molecule has 0 bridgehead atoms. The van der Waals surface area contributed by atoms with Gasteiger partial charge in [0, 0.05) is 17.8 Å². The van der Waals surface area contributed by atoms with Crippen LogP contribution in [0.3, 0.4) is 0 Å². The molecule has 2 atom stereocenters. The number of carbonyl (C=O) groups excluding carboxylic acids is 2. The van der Waals surface area contributed by atoms with Gasteiger partial charge in [0.15, 0.2) is 0 Å². The molecule has 0 saturated carbocycles. The zero-order valence-electron chi connectivity index (χ0n) is 17.2. The molecule has 7 N–H and O–H groups in total. The lowest BCUT2D eigenvalue weighted by atomic mass is 10.0. The maximum atomic E-state index is 12.7. The summed E-state index contributed by atoms with van der Waals surface area (Å²) in [5, 5.41) is 25.7. The molecule has 8 nitrogen and oxygen atoms in total. The largest absolute Gasteiger partial charge is 0.394 e. The minimum absolute atomic E-state index is 0.0985. The number of benzene rings is 2. The molecule has 2 rings (SSSR count). The molecule has 160 valence electrons. The normalized spacial score (nSPS) is 12.7. The van der Waals surface area contributed by atoms with Gasteiger partial charge in [-0.3, -0.25) is 15.0 Å². The SMILES string of the molecule is CC(C)C(NC(=O)C(CO)Nc1cccc(C(=N)N)c1)C(=O)NCc1ccccc1. The molecule has 0 aliphatic rings. The molecule has 0 spiro atoms. The van der Waals surface area contributed by atoms with Gasteiger partial charge in [-0.05, 0) is 23.6 Å². The summed E-state index contributed by atoms with van der Waals surface area (Å²) in [6.07, 6.45) is 0. The number of carbonyl (C=O) groups is 2. The number of nitrogens with one attached hydrogen (secondary N) is 4. The van der Waals surface area contributed by atoms with Crippen LogP contribution in [0.2, 0.25) is 0 Å². The van der Waals surface area contributed by atoms with E-state index < -0.39 is 24.6 Å². The highest BCUT2D eigenvalue weighted by atomic mass is 16.3. The van der Waals surface area contributed by atoms with E-state index in [0.29, 0.717) is 17.8 Å². The van der Waals surface area contributed by atoms with Gasteiger partial charge in [-0.2, -0.15) is 0 Å². The van der Waals surface area contributed by atoms with Crippen molar-refractivity contribution >= 4 is 23.3 Å². The van der Waals surface area contributed by atoms with Crippen LogP contribution in [-0.4, -0.2) is 41.4 Å². The molecule has 30 heavy (non-hydrogen) atoms. The Balaban J connectivity index is 2.01. The predicted octanol–water partition coefficient (Wildman–Crippen LogP) is 1.20. The van der Waals surface area contributed by atoms with E-state index in [4.69, 9.17) is 11.1 Å². The lowest BCUT2D eigenvalue weighted by Gasteiger charge is -2.25. The van der Waals surface area contributed by atoms with Gasteiger partial charge < -0.3 is 26.8 Å². The van der Waals surface area contributed by atoms with Crippen LogP contribution in [0.5, 0.6) is 0 Å². The molecule has 2 aromatic rings. The Morgan fingerprint density at radius 1 is 1.07 bits per heavy atom. The van der Waals surface area contributed by atoms with Crippen molar-refractivity contribution in [2.75, 3.05) is 11.9 Å².